The molecule has 1 aromatic carbocycles. The Kier molecular flexibility index (Phi) is 5.77. The Morgan fingerprint density at radius 1 is 1.33 bits per heavy atom. The predicted octanol–water partition coefficient (Wildman–Crippen LogP) is 1.78. The van der Waals surface area contributed by atoms with Crippen LogP contribution in [0.2, 0.25) is 0 Å². The van der Waals surface area contributed by atoms with E-state index in [4.69, 9.17) is 10.2 Å². The van der Waals surface area contributed by atoms with Crippen LogP contribution in [0, 0.1) is 0 Å². The molecular weight excluding hydrogens is 370 g/mol. The van der Waals surface area contributed by atoms with Crippen LogP contribution in [0.4, 0.5) is 0 Å². The van der Waals surface area contributed by atoms with Crippen molar-refractivity contribution in [1.29, 1.82) is 0 Å². The van der Waals surface area contributed by atoms with Gasteiger partial charge in [-0.15, -0.1) is 0 Å². The molecule has 5 nitrogen and oxygen atoms in total. The number of benzene rings is 1. The highest BCUT2D eigenvalue weighted by Crippen LogP contribution is 2.21. The summed E-state index contributed by atoms with van der Waals surface area (Å²) in [4.78, 5) is 22.8. The summed E-state index contributed by atoms with van der Waals surface area (Å²) in [5, 5.41) is 20.0. The van der Waals surface area contributed by atoms with Gasteiger partial charge in [0.25, 0.3) is 5.91 Å². The fourth-order valence-electron chi connectivity index (χ4n) is 1.29. The quantitative estimate of drug-likeness (QED) is 0.726. The third-order valence-electron chi connectivity index (χ3n) is 2.19. The molecule has 0 saturated heterocycles. The molecule has 0 bridgehead atoms. The van der Waals surface area contributed by atoms with Crippen LogP contribution < -0.4 is 5.32 Å². The monoisotopic (exact) mass is 379 g/mol. The molecule has 3 N–H and O–H groups in total. The van der Waals surface area contributed by atoms with E-state index in [9.17, 15) is 9.59 Å². The number of hydrogen-bond donors (Lipinski definition) is 3. The van der Waals surface area contributed by atoms with Crippen molar-refractivity contribution in [2.45, 2.75) is 12.5 Å². The Balaban J connectivity index is 2.86. The van der Waals surface area contributed by atoms with E-state index in [1.807, 2.05) is 0 Å². The summed E-state index contributed by atoms with van der Waals surface area (Å²) < 4.78 is 1.28. The highest BCUT2D eigenvalue weighted by atomic mass is 79.9. The molecule has 0 radical (unpaired) electrons. The summed E-state index contributed by atoms with van der Waals surface area (Å²) in [7, 11) is 0. The maximum Gasteiger partial charge on any atom is 0.326 e. The zero-order chi connectivity index (χ0) is 13.7. The lowest BCUT2D eigenvalue weighted by Crippen LogP contribution is -2.41. The smallest absolute Gasteiger partial charge is 0.326 e. The second kappa shape index (κ2) is 6.86. The molecule has 0 unspecified atom stereocenters. The maximum absolute atomic E-state index is 11.9. The van der Waals surface area contributed by atoms with Gasteiger partial charge in [-0.05, 0) is 34.1 Å². The Bertz CT molecular complexity index is 464. The van der Waals surface area contributed by atoms with Gasteiger partial charge in [0, 0.05) is 22.0 Å². The number of amides is 1. The van der Waals surface area contributed by atoms with Crippen molar-refractivity contribution in [3.8, 4) is 0 Å². The molecule has 0 aromatic heterocycles. The molecule has 1 rings (SSSR count). The van der Waals surface area contributed by atoms with Crippen molar-refractivity contribution in [2.75, 3.05) is 6.61 Å². The van der Waals surface area contributed by atoms with Crippen LogP contribution in [0.15, 0.2) is 27.1 Å². The van der Waals surface area contributed by atoms with E-state index in [2.05, 4.69) is 37.2 Å². The van der Waals surface area contributed by atoms with E-state index in [0.717, 1.165) is 0 Å². The number of aliphatic hydroxyl groups excluding tert-OH is 1. The lowest BCUT2D eigenvalue weighted by Gasteiger charge is -2.14. The zero-order valence-electron chi connectivity index (χ0n) is 9.19. The standard InChI is InChI=1S/C11H11Br2NO4/c12-6-1-2-8(13)7(5-6)10(16)14-9(3-4-15)11(17)18/h1-2,5,9,15H,3-4H2,(H,14,16)(H,17,18)/t9-/m1/s1. The molecule has 0 spiro atoms. The molecular formula is C11H11Br2NO4. The van der Waals surface area contributed by atoms with E-state index in [-0.39, 0.29) is 13.0 Å². The minimum atomic E-state index is -1.18. The molecule has 0 aliphatic carbocycles. The van der Waals surface area contributed by atoms with Crippen LogP contribution >= 0.6 is 31.9 Å². The van der Waals surface area contributed by atoms with Gasteiger partial charge in [-0.1, -0.05) is 15.9 Å². The fourth-order valence-corrected chi connectivity index (χ4v) is 2.08. The van der Waals surface area contributed by atoms with E-state index in [1.165, 1.54) is 0 Å². The first-order valence-electron chi connectivity index (χ1n) is 5.05. The number of carbonyl (C=O) groups is 2. The van der Waals surface area contributed by atoms with Crippen molar-refractivity contribution < 1.29 is 19.8 Å². The SMILES string of the molecule is O=C(N[C@H](CCO)C(=O)O)c1cc(Br)ccc1Br. The highest BCUT2D eigenvalue weighted by molar-refractivity contribution is 9.11. The number of hydrogen-bond acceptors (Lipinski definition) is 3. The second-order valence-electron chi connectivity index (χ2n) is 3.50. The molecule has 0 aliphatic rings. The second-order valence-corrected chi connectivity index (χ2v) is 5.27. The number of carboxylic acid groups (broad SMARTS) is 1. The van der Waals surface area contributed by atoms with Gasteiger partial charge in [0.15, 0.2) is 0 Å². The Hall–Kier alpha value is -0.920. The fraction of sp³-hybridized carbons (Fsp3) is 0.273. The minimum absolute atomic E-state index is 0.0350. The Morgan fingerprint density at radius 2 is 2.00 bits per heavy atom. The van der Waals surface area contributed by atoms with Crippen molar-refractivity contribution in [3.05, 3.63) is 32.7 Å². The van der Waals surface area contributed by atoms with Gasteiger partial charge in [-0.2, -0.15) is 0 Å². The minimum Gasteiger partial charge on any atom is -0.480 e. The number of aliphatic hydroxyl groups is 1. The van der Waals surface area contributed by atoms with E-state index in [0.29, 0.717) is 14.5 Å². The maximum atomic E-state index is 11.9. The molecule has 98 valence electrons. The first kappa shape index (κ1) is 15.1. The van der Waals surface area contributed by atoms with Crippen molar-refractivity contribution in [3.63, 3.8) is 0 Å². The average molecular weight is 381 g/mol. The van der Waals surface area contributed by atoms with Gasteiger partial charge in [0.2, 0.25) is 0 Å². The van der Waals surface area contributed by atoms with Gasteiger partial charge < -0.3 is 15.5 Å². The first-order chi connectivity index (χ1) is 8.45. The molecule has 0 aliphatic heterocycles. The summed E-state index contributed by atoms with van der Waals surface area (Å²) in [6.45, 7) is -0.309. The molecule has 0 saturated carbocycles. The van der Waals surface area contributed by atoms with Crippen LogP contribution in [0.3, 0.4) is 0 Å². The lowest BCUT2D eigenvalue weighted by atomic mass is 10.1. The van der Waals surface area contributed by atoms with E-state index in [1.54, 1.807) is 18.2 Å². The number of carbonyl (C=O) groups excluding carboxylic acids is 1. The van der Waals surface area contributed by atoms with Gasteiger partial charge in [-0.3, -0.25) is 4.79 Å². The third kappa shape index (κ3) is 4.08. The van der Waals surface area contributed by atoms with Gasteiger partial charge in [0.05, 0.1) is 5.56 Å². The number of rotatable bonds is 5. The Morgan fingerprint density at radius 3 is 2.56 bits per heavy atom. The molecule has 0 heterocycles. The van der Waals surface area contributed by atoms with Gasteiger partial charge in [-0.25, -0.2) is 4.79 Å². The number of aliphatic carboxylic acids is 1. The average Bonchev–Trinajstić information content (AvgIpc) is 2.31. The molecule has 18 heavy (non-hydrogen) atoms. The van der Waals surface area contributed by atoms with Crippen LogP contribution in [0.25, 0.3) is 0 Å². The van der Waals surface area contributed by atoms with Crippen molar-refractivity contribution >= 4 is 43.7 Å². The topological polar surface area (TPSA) is 86.6 Å². The van der Waals surface area contributed by atoms with E-state index < -0.39 is 17.9 Å². The van der Waals surface area contributed by atoms with Crippen LogP contribution in [0.1, 0.15) is 16.8 Å². The number of carboxylic acids is 1. The number of nitrogens with one attached hydrogen (secondary N) is 1. The predicted molar refractivity (Wildman–Crippen MR) is 72.4 cm³/mol. The summed E-state index contributed by atoms with van der Waals surface area (Å²) in [6.07, 6.45) is -0.0350. The first-order valence-corrected chi connectivity index (χ1v) is 6.64. The van der Waals surface area contributed by atoms with Crippen LogP contribution in [-0.2, 0) is 4.79 Å². The van der Waals surface area contributed by atoms with Crippen LogP contribution in [0.5, 0.6) is 0 Å². The molecule has 1 aromatic rings. The number of halogens is 2. The van der Waals surface area contributed by atoms with Gasteiger partial charge in [0.1, 0.15) is 6.04 Å². The Labute approximate surface area is 120 Å². The molecule has 0 fully saturated rings. The highest BCUT2D eigenvalue weighted by Gasteiger charge is 2.21. The van der Waals surface area contributed by atoms with Crippen molar-refractivity contribution in [1.82, 2.24) is 5.32 Å². The normalized spacial score (nSPS) is 11.9. The summed E-state index contributed by atoms with van der Waals surface area (Å²) in [5.74, 6) is -1.69. The van der Waals surface area contributed by atoms with Crippen LogP contribution in [-0.4, -0.2) is 34.7 Å². The summed E-state index contributed by atoms with van der Waals surface area (Å²) >= 11 is 6.45. The summed E-state index contributed by atoms with van der Waals surface area (Å²) in [6, 6.07) is 3.91. The van der Waals surface area contributed by atoms with Crippen molar-refractivity contribution in [2.24, 2.45) is 0 Å². The van der Waals surface area contributed by atoms with Gasteiger partial charge >= 0.3 is 5.97 Å². The van der Waals surface area contributed by atoms with E-state index >= 15 is 0 Å². The lowest BCUT2D eigenvalue weighted by molar-refractivity contribution is -0.139. The third-order valence-corrected chi connectivity index (χ3v) is 3.38. The largest absolute Gasteiger partial charge is 0.480 e. The molecule has 1 atom stereocenters. The molecule has 7 heteroatoms. The zero-order valence-corrected chi connectivity index (χ0v) is 12.4. The molecule has 1 amide bonds. The summed E-state index contributed by atoms with van der Waals surface area (Å²) in [5.41, 5.74) is 0.327.